The van der Waals surface area contributed by atoms with Crippen molar-refractivity contribution in [3.05, 3.63) is 65.5 Å². The zero-order valence-corrected chi connectivity index (χ0v) is 13.6. The zero-order chi connectivity index (χ0) is 17.7. The average molecular weight is 334 g/mol. The fourth-order valence-corrected chi connectivity index (χ4v) is 2.39. The van der Waals surface area contributed by atoms with E-state index in [4.69, 9.17) is 0 Å². The molecule has 0 spiro atoms. The summed E-state index contributed by atoms with van der Waals surface area (Å²) in [6.07, 6.45) is 1.36. The van der Waals surface area contributed by atoms with E-state index in [1.165, 1.54) is 35.4 Å². The number of halogens is 2. The van der Waals surface area contributed by atoms with Crippen LogP contribution in [0.4, 0.5) is 8.78 Å². The summed E-state index contributed by atoms with van der Waals surface area (Å²) in [5.41, 5.74) is 0.636. The van der Waals surface area contributed by atoms with Gasteiger partial charge in [0.05, 0.1) is 24.4 Å². The van der Waals surface area contributed by atoms with Crippen LogP contribution in [-0.4, -0.2) is 34.0 Å². The number of aromatic nitrogens is 1. The molecular formula is C18H20F2N2O2. The molecule has 1 aromatic heterocycles. The first-order valence-corrected chi connectivity index (χ1v) is 7.70. The first-order valence-electron chi connectivity index (χ1n) is 7.70. The van der Waals surface area contributed by atoms with Crippen molar-refractivity contribution in [2.75, 3.05) is 13.1 Å². The van der Waals surface area contributed by atoms with Gasteiger partial charge in [-0.1, -0.05) is 26.0 Å². The number of carbonyl (C=O) groups excluding carboxylic acids is 1. The molecule has 1 unspecified atom stereocenters. The predicted molar refractivity (Wildman–Crippen MR) is 86.3 cm³/mol. The van der Waals surface area contributed by atoms with Crippen LogP contribution in [-0.2, 0) is 0 Å². The Morgan fingerprint density at radius 3 is 2.38 bits per heavy atom. The molecule has 0 aliphatic carbocycles. The lowest BCUT2D eigenvalue weighted by atomic mass is 10.1. The van der Waals surface area contributed by atoms with Gasteiger partial charge in [0.1, 0.15) is 11.6 Å². The molecule has 0 radical (unpaired) electrons. The van der Waals surface area contributed by atoms with Gasteiger partial charge in [-0.25, -0.2) is 8.78 Å². The molecule has 0 aliphatic heterocycles. The normalized spacial score (nSPS) is 12.2. The fourth-order valence-electron chi connectivity index (χ4n) is 2.39. The van der Waals surface area contributed by atoms with Gasteiger partial charge < -0.3 is 10.0 Å². The fraction of sp³-hybridized carbons (Fsp3) is 0.333. The standard InChI is InChI=1S/C18H20F2N2O2/c1-12(2)10-22(18(24)14-7-16(20)9-21-8-14)11-17(23)13-3-5-15(19)6-4-13/h3-9,12,17,23H,10-11H2,1-2H3. The Morgan fingerprint density at radius 2 is 1.79 bits per heavy atom. The van der Waals surface area contributed by atoms with Crippen LogP contribution in [0.3, 0.4) is 0 Å². The first-order chi connectivity index (χ1) is 11.4. The van der Waals surface area contributed by atoms with E-state index in [-0.39, 0.29) is 18.0 Å². The molecule has 6 heteroatoms. The van der Waals surface area contributed by atoms with Crippen molar-refractivity contribution < 1.29 is 18.7 Å². The van der Waals surface area contributed by atoms with Crippen LogP contribution >= 0.6 is 0 Å². The topological polar surface area (TPSA) is 53.4 Å². The van der Waals surface area contributed by atoms with Gasteiger partial charge in [-0.15, -0.1) is 0 Å². The van der Waals surface area contributed by atoms with Gasteiger partial charge in [0.2, 0.25) is 0 Å². The minimum absolute atomic E-state index is 0.0269. The largest absolute Gasteiger partial charge is 0.387 e. The molecule has 1 amide bonds. The van der Waals surface area contributed by atoms with E-state index >= 15 is 0 Å². The molecule has 1 N–H and O–H groups in total. The molecule has 1 atom stereocenters. The van der Waals surface area contributed by atoms with Crippen molar-refractivity contribution in [1.29, 1.82) is 0 Å². The molecule has 1 heterocycles. The maximum Gasteiger partial charge on any atom is 0.255 e. The number of carbonyl (C=O) groups is 1. The highest BCUT2D eigenvalue weighted by molar-refractivity contribution is 5.93. The van der Waals surface area contributed by atoms with E-state index in [0.717, 1.165) is 12.3 Å². The molecule has 128 valence electrons. The Hall–Kier alpha value is -2.34. The third-order valence-electron chi connectivity index (χ3n) is 3.47. The van der Waals surface area contributed by atoms with Crippen LogP contribution in [0.5, 0.6) is 0 Å². The summed E-state index contributed by atoms with van der Waals surface area (Å²) in [7, 11) is 0. The highest BCUT2D eigenvalue weighted by atomic mass is 19.1. The second kappa shape index (κ2) is 7.97. The van der Waals surface area contributed by atoms with Gasteiger partial charge in [-0.05, 0) is 29.7 Å². The number of pyridine rings is 1. The lowest BCUT2D eigenvalue weighted by molar-refractivity contribution is 0.0593. The van der Waals surface area contributed by atoms with Gasteiger partial charge in [0.25, 0.3) is 5.91 Å². The Balaban J connectivity index is 2.18. The Morgan fingerprint density at radius 1 is 1.12 bits per heavy atom. The van der Waals surface area contributed by atoms with Gasteiger partial charge in [-0.2, -0.15) is 0 Å². The van der Waals surface area contributed by atoms with Crippen LogP contribution < -0.4 is 0 Å². The molecule has 24 heavy (non-hydrogen) atoms. The van der Waals surface area contributed by atoms with E-state index in [9.17, 15) is 18.7 Å². The van der Waals surface area contributed by atoms with Crippen LogP contribution in [0.25, 0.3) is 0 Å². The summed E-state index contributed by atoms with van der Waals surface area (Å²) in [6.45, 7) is 4.30. The Kier molecular flexibility index (Phi) is 5.98. The van der Waals surface area contributed by atoms with Crippen molar-refractivity contribution in [3.63, 3.8) is 0 Å². The molecule has 2 aromatic rings. The summed E-state index contributed by atoms with van der Waals surface area (Å²) in [4.78, 5) is 17.7. The number of rotatable bonds is 6. The van der Waals surface area contributed by atoms with E-state index in [1.54, 1.807) is 0 Å². The molecule has 0 aliphatic rings. The third kappa shape index (κ3) is 4.83. The number of aliphatic hydroxyl groups is 1. The van der Waals surface area contributed by atoms with E-state index in [2.05, 4.69) is 4.98 Å². The number of nitrogens with zero attached hydrogens (tertiary/aromatic N) is 2. The lowest BCUT2D eigenvalue weighted by Gasteiger charge is -2.27. The molecule has 4 nitrogen and oxygen atoms in total. The minimum Gasteiger partial charge on any atom is -0.387 e. The van der Waals surface area contributed by atoms with Crippen LogP contribution in [0.1, 0.15) is 35.9 Å². The number of hydrogen-bond donors (Lipinski definition) is 1. The summed E-state index contributed by atoms with van der Waals surface area (Å²) >= 11 is 0. The van der Waals surface area contributed by atoms with Gasteiger partial charge >= 0.3 is 0 Å². The van der Waals surface area contributed by atoms with Crippen LogP contribution in [0, 0.1) is 17.6 Å². The Bertz CT molecular complexity index is 690. The highest BCUT2D eigenvalue weighted by Gasteiger charge is 2.21. The number of benzene rings is 1. The summed E-state index contributed by atoms with van der Waals surface area (Å²) in [6, 6.07) is 6.57. The summed E-state index contributed by atoms with van der Waals surface area (Å²) in [5, 5.41) is 10.3. The van der Waals surface area contributed by atoms with E-state index in [0.29, 0.717) is 12.1 Å². The third-order valence-corrected chi connectivity index (χ3v) is 3.47. The summed E-state index contributed by atoms with van der Waals surface area (Å²) < 4.78 is 26.3. The maximum absolute atomic E-state index is 13.3. The van der Waals surface area contributed by atoms with Crippen molar-refractivity contribution in [2.24, 2.45) is 5.92 Å². The molecule has 0 bridgehead atoms. The van der Waals surface area contributed by atoms with Gasteiger partial charge in [0, 0.05) is 12.7 Å². The van der Waals surface area contributed by atoms with E-state index < -0.39 is 23.6 Å². The molecule has 0 saturated carbocycles. The molecule has 1 aromatic carbocycles. The van der Waals surface area contributed by atoms with Crippen molar-refractivity contribution >= 4 is 5.91 Å². The second-order valence-corrected chi connectivity index (χ2v) is 6.06. The Labute approximate surface area is 139 Å². The molecule has 2 rings (SSSR count). The van der Waals surface area contributed by atoms with Crippen LogP contribution in [0.2, 0.25) is 0 Å². The lowest BCUT2D eigenvalue weighted by Crippen LogP contribution is -2.37. The minimum atomic E-state index is -0.963. The first kappa shape index (κ1) is 18.0. The molecule has 0 saturated heterocycles. The summed E-state index contributed by atoms with van der Waals surface area (Å²) in [5.74, 6) is -1.23. The predicted octanol–water partition coefficient (Wildman–Crippen LogP) is 3.19. The van der Waals surface area contributed by atoms with Gasteiger partial charge in [-0.3, -0.25) is 9.78 Å². The SMILES string of the molecule is CC(C)CN(CC(O)c1ccc(F)cc1)C(=O)c1cncc(F)c1. The van der Waals surface area contributed by atoms with Crippen molar-refractivity contribution in [1.82, 2.24) is 9.88 Å². The second-order valence-electron chi connectivity index (χ2n) is 6.06. The highest BCUT2D eigenvalue weighted by Crippen LogP contribution is 2.17. The van der Waals surface area contributed by atoms with Crippen molar-refractivity contribution in [2.45, 2.75) is 20.0 Å². The number of hydrogen-bond acceptors (Lipinski definition) is 3. The average Bonchev–Trinajstić information content (AvgIpc) is 2.53. The van der Waals surface area contributed by atoms with Gasteiger partial charge in [0.15, 0.2) is 0 Å². The van der Waals surface area contributed by atoms with Crippen LogP contribution in [0.15, 0.2) is 42.7 Å². The smallest absolute Gasteiger partial charge is 0.255 e. The monoisotopic (exact) mass is 334 g/mol. The molecular weight excluding hydrogens is 314 g/mol. The van der Waals surface area contributed by atoms with E-state index in [1.807, 2.05) is 13.8 Å². The molecule has 0 fully saturated rings. The maximum atomic E-state index is 13.3. The zero-order valence-electron chi connectivity index (χ0n) is 13.6. The van der Waals surface area contributed by atoms with Crippen molar-refractivity contribution in [3.8, 4) is 0 Å². The number of aliphatic hydroxyl groups excluding tert-OH is 1. The quantitative estimate of drug-likeness (QED) is 0.883. The number of amides is 1.